The van der Waals surface area contributed by atoms with Crippen molar-refractivity contribution in [3.63, 3.8) is 0 Å². The molecule has 3 nitrogen and oxygen atoms in total. The first-order chi connectivity index (χ1) is 11.5. The predicted octanol–water partition coefficient (Wildman–Crippen LogP) is 5.74. The SMILES string of the molecule is CNc1ccc2c(c1)nc(C(C)(C)C)n2CCC1CCCCCC1. The molecular weight excluding hydrogens is 294 g/mol. The fourth-order valence-corrected chi connectivity index (χ4v) is 4.05. The van der Waals surface area contributed by atoms with Crippen molar-refractivity contribution in [2.75, 3.05) is 12.4 Å². The molecule has 2 aromatic rings. The van der Waals surface area contributed by atoms with Gasteiger partial charge in [0.1, 0.15) is 5.82 Å². The number of anilines is 1. The molecule has 0 atom stereocenters. The van der Waals surface area contributed by atoms with Crippen molar-refractivity contribution < 1.29 is 0 Å². The highest BCUT2D eigenvalue weighted by Crippen LogP contribution is 2.31. The van der Waals surface area contributed by atoms with Gasteiger partial charge in [0.05, 0.1) is 11.0 Å². The highest BCUT2D eigenvalue weighted by atomic mass is 15.1. The Morgan fingerprint density at radius 3 is 2.46 bits per heavy atom. The lowest BCUT2D eigenvalue weighted by Gasteiger charge is -2.22. The van der Waals surface area contributed by atoms with Crippen LogP contribution in [0.3, 0.4) is 0 Å². The molecule has 0 spiro atoms. The quantitative estimate of drug-likeness (QED) is 0.726. The second-order valence-corrected chi connectivity index (χ2v) is 8.44. The third-order valence-corrected chi connectivity index (χ3v) is 5.44. The van der Waals surface area contributed by atoms with Gasteiger partial charge in [0.15, 0.2) is 0 Å². The molecule has 1 fully saturated rings. The second kappa shape index (κ2) is 7.16. The molecule has 1 aliphatic carbocycles. The molecule has 1 heterocycles. The van der Waals surface area contributed by atoms with Gasteiger partial charge in [-0.1, -0.05) is 59.3 Å². The number of benzene rings is 1. The van der Waals surface area contributed by atoms with Crippen LogP contribution in [-0.2, 0) is 12.0 Å². The highest BCUT2D eigenvalue weighted by molar-refractivity contribution is 5.80. The van der Waals surface area contributed by atoms with Crippen LogP contribution in [0.2, 0.25) is 0 Å². The van der Waals surface area contributed by atoms with E-state index in [1.807, 2.05) is 7.05 Å². The van der Waals surface area contributed by atoms with Gasteiger partial charge in [-0.25, -0.2) is 4.98 Å². The van der Waals surface area contributed by atoms with E-state index in [4.69, 9.17) is 4.98 Å². The first kappa shape index (κ1) is 17.3. The number of nitrogens with one attached hydrogen (secondary N) is 1. The molecule has 3 heteroatoms. The van der Waals surface area contributed by atoms with Gasteiger partial charge in [0.25, 0.3) is 0 Å². The maximum absolute atomic E-state index is 5.00. The Bertz CT molecular complexity index is 670. The smallest absolute Gasteiger partial charge is 0.115 e. The van der Waals surface area contributed by atoms with Crippen LogP contribution in [0.4, 0.5) is 5.69 Å². The standard InChI is InChI=1S/C21H33N3/c1-21(2,3)20-23-18-15-17(22-4)11-12-19(18)24(20)14-13-16-9-7-5-6-8-10-16/h11-12,15-16,22H,5-10,13-14H2,1-4H3. The first-order valence-electron chi connectivity index (χ1n) is 9.67. The fraction of sp³-hybridized carbons (Fsp3) is 0.667. The van der Waals surface area contributed by atoms with E-state index in [-0.39, 0.29) is 5.41 Å². The maximum atomic E-state index is 5.00. The average Bonchev–Trinajstić information content (AvgIpc) is 2.73. The molecule has 132 valence electrons. The lowest BCUT2D eigenvalue weighted by atomic mass is 9.94. The van der Waals surface area contributed by atoms with E-state index in [0.717, 1.165) is 23.7 Å². The first-order valence-corrected chi connectivity index (χ1v) is 9.67. The summed E-state index contributed by atoms with van der Waals surface area (Å²) in [6.07, 6.45) is 9.85. The lowest BCUT2D eigenvalue weighted by Crippen LogP contribution is -2.20. The minimum Gasteiger partial charge on any atom is -0.388 e. The van der Waals surface area contributed by atoms with E-state index in [9.17, 15) is 0 Å². The normalized spacial score (nSPS) is 17.2. The lowest BCUT2D eigenvalue weighted by molar-refractivity contribution is 0.389. The zero-order chi connectivity index (χ0) is 17.2. The summed E-state index contributed by atoms with van der Waals surface area (Å²) >= 11 is 0. The van der Waals surface area contributed by atoms with Crippen LogP contribution in [-0.4, -0.2) is 16.6 Å². The van der Waals surface area contributed by atoms with Crippen LogP contribution in [0.15, 0.2) is 18.2 Å². The van der Waals surface area contributed by atoms with Crippen LogP contribution in [0.25, 0.3) is 11.0 Å². The summed E-state index contributed by atoms with van der Waals surface area (Å²) in [6.45, 7) is 7.92. The third-order valence-electron chi connectivity index (χ3n) is 5.44. The number of fused-ring (bicyclic) bond motifs is 1. The van der Waals surface area contributed by atoms with Crippen molar-refractivity contribution in [1.82, 2.24) is 9.55 Å². The molecule has 0 unspecified atom stereocenters. The van der Waals surface area contributed by atoms with E-state index in [1.54, 1.807) is 0 Å². The van der Waals surface area contributed by atoms with Crippen LogP contribution in [0, 0.1) is 5.92 Å². The Balaban J connectivity index is 1.89. The summed E-state index contributed by atoms with van der Waals surface area (Å²) in [6, 6.07) is 6.57. The van der Waals surface area contributed by atoms with Crippen LogP contribution >= 0.6 is 0 Å². The number of aromatic nitrogens is 2. The third kappa shape index (κ3) is 3.76. The summed E-state index contributed by atoms with van der Waals surface area (Å²) in [4.78, 5) is 5.00. The molecule has 0 aliphatic heterocycles. The molecule has 0 amide bonds. The molecule has 24 heavy (non-hydrogen) atoms. The molecule has 1 aromatic heterocycles. The Morgan fingerprint density at radius 1 is 1.12 bits per heavy atom. The number of rotatable bonds is 4. The van der Waals surface area contributed by atoms with Crippen molar-refractivity contribution in [1.29, 1.82) is 0 Å². The van der Waals surface area contributed by atoms with E-state index >= 15 is 0 Å². The fourth-order valence-electron chi connectivity index (χ4n) is 4.05. The Kier molecular flexibility index (Phi) is 5.17. The minimum absolute atomic E-state index is 0.0717. The Morgan fingerprint density at radius 2 is 1.83 bits per heavy atom. The average molecular weight is 328 g/mol. The molecule has 1 N–H and O–H groups in total. The Hall–Kier alpha value is -1.51. The molecule has 1 aromatic carbocycles. The second-order valence-electron chi connectivity index (χ2n) is 8.44. The minimum atomic E-state index is 0.0717. The van der Waals surface area contributed by atoms with Crippen molar-refractivity contribution in [3.8, 4) is 0 Å². The van der Waals surface area contributed by atoms with Crippen molar-refractivity contribution in [2.45, 2.75) is 77.7 Å². The van der Waals surface area contributed by atoms with Crippen LogP contribution in [0.5, 0.6) is 0 Å². The summed E-state index contributed by atoms with van der Waals surface area (Å²) in [7, 11) is 1.97. The summed E-state index contributed by atoms with van der Waals surface area (Å²) < 4.78 is 2.49. The van der Waals surface area contributed by atoms with Gasteiger partial charge in [0.2, 0.25) is 0 Å². The van der Waals surface area contributed by atoms with Gasteiger partial charge in [0, 0.05) is 24.7 Å². The van der Waals surface area contributed by atoms with E-state index in [2.05, 4.69) is 48.9 Å². The number of hydrogen-bond acceptors (Lipinski definition) is 2. The predicted molar refractivity (Wildman–Crippen MR) is 104 cm³/mol. The van der Waals surface area contributed by atoms with Crippen LogP contribution < -0.4 is 5.32 Å². The Labute approximate surface area is 146 Å². The molecule has 0 radical (unpaired) electrons. The molecule has 0 bridgehead atoms. The largest absolute Gasteiger partial charge is 0.388 e. The number of imidazole rings is 1. The van der Waals surface area contributed by atoms with Gasteiger partial charge >= 0.3 is 0 Å². The van der Waals surface area contributed by atoms with Gasteiger partial charge in [-0.2, -0.15) is 0 Å². The zero-order valence-corrected chi connectivity index (χ0v) is 15.9. The molecule has 0 saturated heterocycles. The number of nitrogens with zero attached hydrogens (tertiary/aromatic N) is 2. The van der Waals surface area contributed by atoms with Gasteiger partial charge in [-0.3, -0.25) is 0 Å². The van der Waals surface area contributed by atoms with E-state index in [0.29, 0.717) is 0 Å². The van der Waals surface area contributed by atoms with E-state index < -0.39 is 0 Å². The monoisotopic (exact) mass is 327 g/mol. The highest BCUT2D eigenvalue weighted by Gasteiger charge is 2.23. The molecule has 1 saturated carbocycles. The summed E-state index contributed by atoms with van der Waals surface area (Å²) in [5, 5.41) is 3.23. The molecular formula is C21H33N3. The number of hydrogen-bond donors (Lipinski definition) is 1. The van der Waals surface area contributed by atoms with Crippen LogP contribution in [0.1, 0.15) is 71.5 Å². The van der Waals surface area contributed by atoms with Crippen molar-refractivity contribution in [2.24, 2.45) is 5.92 Å². The van der Waals surface area contributed by atoms with E-state index in [1.165, 1.54) is 56.3 Å². The van der Waals surface area contributed by atoms with Gasteiger partial charge in [-0.05, 0) is 30.5 Å². The topological polar surface area (TPSA) is 29.9 Å². The molecule has 3 rings (SSSR count). The van der Waals surface area contributed by atoms with Crippen molar-refractivity contribution >= 4 is 16.7 Å². The van der Waals surface area contributed by atoms with Gasteiger partial charge < -0.3 is 9.88 Å². The van der Waals surface area contributed by atoms with Gasteiger partial charge in [-0.15, -0.1) is 0 Å². The number of aryl methyl sites for hydroxylation is 1. The summed E-state index contributed by atoms with van der Waals surface area (Å²) in [5.41, 5.74) is 3.61. The maximum Gasteiger partial charge on any atom is 0.115 e. The molecule has 1 aliphatic rings. The van der Waals surface area contributed by atoms with Crippen molar-refractivity contribution in [3.05, 3.63) is 24.0 Å². The summed E-state index contributed by atoms with van der Waals surface area (Å²) in [5.74, 6) is 2.12. The zero-order valence-electron chi connectivity index (χ0n) is 15.9.